The van der Waals surface area contributed by atoms with Gasteiger partial charge >= 0.3 is 6.09 Å². The van der Waals surface area contributed by atoms with Gasteiger partial charge in [-0.1, -0.05) is 18.2 Å². The molecule has 8 heteroatoms. The van der Waals surface area contributed by atoms with Crippen LogP contribution in [0.5, 0.6) is 11.5 Å². The van der Waals surface area contributed by atoms with Crippen molar-refractivity contribution in [1.29, 1.82) is 0 Å². The number of ether oxygens (including phenoxy) is 2. The summed E-state index contributed by atoms with van der Waals surface area (Å²) in [5, 5.41) is 10.6. The van der Waals surface area contributed by atoms with E-state index in [-0.39, 0.29) is 0 Å². The summed E-state index contributed by atoms with van der Waals surface area (Å²) in [7, 11) is 1.50. The number of anilines is 1. The van der Waals surface area contributed by atoms with Crippen LogP contribution in [0.15, 0.2) is 55.0 Å². The van der Waals surface area contributed by atoms with Gasteiger partial charge in [-0.05, 0) is 12.1 Å². The molecule has 0 atom stereocenters. The lowest BCUT2D eigenvalue weighted by Gasteiger charge is -2.10. The number of amides is 1. The molecular formula is C15H13N5O3. The zero-order chi connectivity index (χ0) is 16.1. The second-order valence-corrected chi connectivity index (χ2v) is 4.40. The molecule has 1 aromatic carbocycles. The smallest absolute Gasteiger partial charge is 0.417 e. The molecule has 1 N–H and O–H groups in total. The molecule has 0 fully saturated rings. The third-order valence-corrected chi connectivity index (χ3v) is 2.86. The van der Waals surface area contributed by atoms with Gasteiger partial charge in [0, 0.05) is 6.07 Å². The lowest BCUT2D eigenvalue weighted by Crippen LogP contribution is -2.17. The average Bonchev–Trinajstić information content (AvgIpc) is 3.10. The number of methoxy groups -OCH3 is 1. The van der Waals surface area contributed by atoms with Crippen molar-refractivity contribution < 1.29 is 14.3 Å². The van der Waals surface area contributed by atoms with Gasteiger partial charge < -0.3 is 9.47 Å². The number of para-hydroxylation sites is 1. The molecule has 0 unspecified atom stereocenters. The van der Waals surface area contributed by atoms with Crippen LogP contribution < -0.4 is 14.8 Å². The molecule has 2 aromatic heterocycles. The van der Waals surface area contributed by atoms with Crippen molar-refractivity contribution in [3.63, 3.8) is 0 Å². The summed E-state index contributed by atoms with van der Waals surface area (Å²) in [6.07, 6.45) is 3.91. The van der Waals surface area contributed by atoms with E-state index in [4.69, 9.17) is 9.47 Å². The highest BCUT2D eigenvalue weighted by Crippen LogP contribution is 2.23. The fraction of sp³-hybridized carbons (Fsp3) is 0.0667. The van der Waals surface area contributed by atoms with E-state index >= 15 is 0 Å². The largest absolute Gasteiger partial charge is 0.493 e. The maximum atomic E-state index is 11.9. The zero-order valence-corrected chi connectivity index (χ0v) is 12.2. The zero-order valence-electron chi connectivity index (χ0n) is 12.2. The molecule has 0 radical (unpaired) electrons. The summed E-state index contributed by atoms with van der Waals surface area (Å²) in [6, 6.07) is 10.4. The quantitative estimate of drug-likeness (QED) is 0.795. The molecule has 0 saturated carbocycles. The van der Waals surface area contributed by atoms with E-state index in [0.717, 1.165) is 0 Å². The maximum Gasteiger partial charge on any atom is 0.417 e. The van der Waals surface area contributed by atoms with Gasteiger partial charge in [-0.2, -0.15) is 10.2 Å². The Balaban J connectivity index is 1.75. The molecule has 0 aliphatic carbocycles. The van der Waals surface area contributed by atoms with Crippen molar-refractivity contribution in [2.75, 3.05) is 12.4 Å². The lowest BCUT2D eigenvalue weighted by atomic mass is 10.3. The molecule has 2 heterocycles. The number of hydrogen-bond acceptors (Lipinski definition) is 6. The third kappa shape index (κ3) is 3.43. The van der Waals surface area contributed by atoms with Gasteiger partial charge in [-0.3, -0.25) is 5.32 Å². The third-order valence-electron chi connectivity index (χ3n) is 2.86. The maximum absolute atomic E-state index is 11.9. The molecule has 0 saturated heterocycles. The normalized spacial score (nSPS) is 10.1. The van der Waals surface area contributed by atoms with Gasteiger partial charge in [-0.15, -0.1) is 4.80 Å². The van der Waals surface area contributed by atoms with Crippen molar-refractivity contribution in [3.8, 4) is 17.3 Å². The van der Waals surface area contributed by atoms with Gasteiger partial charge in [0.1, 0.15) is 5.75 Å². The predicted octanol–water partition coefficient (Wildman–Crippen LogP) is 2.28. The van der Waals surface area contributed by atoms with Crippen LogP contribution in [0.2, 0.25) is 0 Å². The molecule has 116 valence electrons. The Kier molecular flexibility index (Phi) is 4.14. The monoisotopic (exact) mass is 311 g/mol. The molecule has 3 rings (SSSR count). The number of aromatic nitrogens is 4. The van der Waals surface area contributed by atoms with Gasteiger partial charge in [-0.25, -0.2) is 9.78 Å². The highest BCUT2D eigenvalue weighted by Gasteiger charge is 2.12. The number of rotatable bonds is 4. The standard InChI is InChI=1S/C15H13N5O3/c1-22-13-9-11(10-16-14(13)20-17-7-8-18-20)19-15(21)23-12-5-3-2-4-6-12/h2-10H,1H3,(H,19,21). The van der Waals surface area contributed by atoms with Gasteiger partial charge in [0.15, 0.2) is 5.75 Å². The molecule has 8 nitrogen and oxygen atoms in total. The topological polar surface area (TPSA) is 91.2 Å². The minimum absolute atomic E-state index is 0.415. The van der Waals surface area contributed by atoms with Crippen molar-refractivity contribution in [2.24, 2.45) is 0 Å². The molecule has 3 aromatic rings. The minimum atomic E-state index is -0.620. The molecule has 1 amide bonds. The summed E-state index contributed by atoms with van der Waals surface area (Å²) in [6.45, 7) is 0. The van der Waals surface area contributed by atoms with Crippen LogP contribution in [0.4, 0.5) is 10.5 Å². The van der Waals surface area contributed by atoms with Crippen LogP contribution in [-0.2, 0) is 0 Å². The van der Waals surface area contributed by atoms with E-state index in [2.05, 4.69) is 20.5 Å². The second-order valence-electron chi connectivity index (χ2n) is 4.40. The first-order valence-corrected chi connectivity index (χ1v) is 6.71. The summed E-state index contributed by atoms with van der Waals surface area (Å²) >= 11 is 0. The number of hydrogen-bond donors (Lipinski definition) is 1. The average molecular weight is 311 g/mol. The van der Waals surface area contributed by atoms with Crippen LogP contribution >= 0.6 is 0 Å². The summed E-state index contributed by atoms with van der Waals surface area (Å²) in [5.74, 6) is 1.28. The Morgan fingerprint density at radius 1 is 1.17 bits per heavy atom. The Morgan fingerprint density at radius 3 is 2.61 bits per heavy atom. The predicted molar refractivity (Wildman–Crippen MR) is 81.8 cm³/mol. The van der Waals surface area contributed by atoms with E-state index in [0.29, 0.717) is 23.0 Å². The van der Waals surface area contributed by atoms with E-state index in [1.165, 1.54) is 30.5 Å². The van der Waals surface area contributed by atoms with E-state index in [1.54, 1.807) is 30.3 Å². The Labute approximate surface area is 131 Å². The van der Waals surface area contributed by atoms with Crippen molar-refractivity contribution in [1.82, 2.24) is 20.0 Å². The molecule has 0 bridgehead atoms. The van der Waals surface area contributed by atoms with Crippen LogP contribution in [-0.4, -0.2) is 33.2 Å². The first kappa shape index (κ1) is 14.5. The van der Waals surface area contributed by atoms with E-state index in [1.807, 2.05) is 6.07 Å². The number of carbonyl (C=O) groups excluding carboxylic acids is 1. The van der Waals surface area contributed by atoms with E-state index in [9.17, 15) is 4.79 Å². The lowest BCUT2D eigenvalue weighted by molar-refractivity contribution is 0.215. The molecule has 0 aliphatic rings. The van der Waals surface area contributed by atoms with Gasteiger partial charge in [0.25, 0.3) is 0 Å². The highest BCUT2D eigenvalue weighted by atomic mass is 16.6. The summed E-state index contributed by atoms with van der Waals surface area (Å²) in [5.41, 5.74) is 0.429. The Bertz CT molecular complexity index is 790. The minimum Gasteiger partial charge on any atom is -0.493 e. The number of benzene rings is 1. The molecule has 0 spiro atoms. The highest BCUT2D eigenvalue weighted by molar-refractivity contribution is 5.86. The van der Waals surface area contributed by atoms with Gasteiger partial charge in [0.05, 0.1) is 31.4 Å². The van der Waals surface area contributed by atoms with Crippen LogP contribution in [0, 0.1) is 0 Å². The van der Waals surface area contributed by atoms with E-state index < -0.39 is 6.09 Å². The van der Waals surface area contributed by atoms with Crippen molar-refractivity contribution >= 4 is 11.8 Å². The fourth-order valence-corrected chi connectivity index (χ4v) is 1.87. The molecular weight excluding hydrogens is 298 g/mol. The first-order valence-electron chi connectivity index (χ1n) is 6.71. The second kappa shape index (κ2) is 6.56. The number of pyridine rings is 1. The molecule has 0 aliphatic heterocycles. The number of nitrogens with one attached hydrogen (secondary N) is 1. The van der Waals surface area contributed by atoms with Crippen LogP contribution in [0.25, 0.3) is 5.82 Å². The first-order chi connectivity index (χ1) is 11.3. The summed E-state index contributed by atoms with van der Waals surface area (Å²) < 4.78 is 10.4. The Morgan fingerprint density at radius 2 is 1.91 bits per heavy atom. The van der Waals surface area contributed by atoms with Crippen LogP contribution in [0.1, 0.15) is 0 Å². The SMILES string of the molecule is COc1cc(NC(=O)Oc2ccccc2)cnc1-n1nccn1. The molecule has 23 heavy (non-hydrogen) atoms. The van der Waals surface area contributed by atoms with Crippen molar-refractivity contribution in [3.05, 3.63) is 55.0 Å². The fourth-order valence-electron chi connectivity index (χ4n) is 1.87. The van der Waals surface area contributed by atoms with Crippen molar-refractivity contribution in [2.45, 2.75) is 0 Å². The number of nitrogens with zero attached hydrogens (tertiary/aromatic N) is 4. The van der Waals surface area contributed by atoms with Crippen LogP contribution in [0.3, 0.4) is 0 Å². The summed E-state index contributed by atoms with van der Waals surface area (Å²) in [4.78, 5) is 17.4. The van der Waals surface area contributed by atoms with Gasteiger partial charge in [0.2, 0.25) is 5.82 Å². The Hall–Kier alpha value is -3.42. The number of carbonyl (C=O) groups is 1.